The summed E-state index contributed by atoms with van der Waals surface area (Å²) in [4.78, 5) is 12.1. The van der Waals surface area contributed by atoms with Crippen molar-refractivity contribution in [2.24, 2.45) is 11.3 Å². The van der Waals surface area contributed by atoms with E-state index in [1.165, 1.54) is 32.1 Å². The van der Waals surface area contributed by atoms with Crippen LogP contribution in [-0.2, 0) is 14.3 Å². The number of hydrogen-bond acceptors (Lipinski definition) is 4. The van der Waals surface area contributed by atoms with Gasteiger partial charge in [0.15, 0.2) is 5.60 Å². The largest absolute Gasteiger partial charge is 0.464 e. The first-order valence-electron chi connectivity index (χ1n) is 9.02. The van der Waals surface area contributed by atoms with Crippen molar-refractivity contribution in [1.29, 1.82) is 0 Å². The molecule has 22 heavy (non-hydrogen) atoms. The van der Waals surface area contributed by atoms with E-state index < -0.39 is 5.60 Å². The molecule has 0 bridgehead atoms. The number of carbonyl (C=O) groups excluding carboxylic acids is 1. The van der Waals surface area contributed by atoms with E-state index in [2.05, 4.69) is 5.32 Å². The van der Waals surface area contributed by atoms with Crippen LogP contribution in [-0.4, -0.2) is 37.9 Å². The Hall–Kier alpha value is -0.610. The summed E-state index contributed by atoms with van der Waals surface area (Å²) in [7, 11) is 0. The lowest BCUT2D eigenvalue weighted by Gasteiger charge is -2.46. The molecule has 4 nitrogen and oxygen atoms in total. The second-order valence-electron chi connectivity index (χ2n) is 7.47. The van der Waals surface area contributed by atoms with Crippen LogP contribution in [0.5, 0.6) is 0 Å². The zero-order valence-corrected chi connectivity index (χ0v) is 14.6. The lowest BCUT2D eigenvalue weighted by molar-refractivity contribution is -0.175. The number of rotatable bonds is 6. The molecule has 0 unspecified atom stereocenters. The van der Waals surface area contributed by atoms with Gasteiger partial charge in [0.1, 0.15) is 0 Å². The summed E-state index contributed by atoms with van der Waals surface area (Å²) >= 11 is 0. The smallest absolute Gasteiger partial charge is 0.337 e. The molecule has 1 saturated heterocycles. The minimum absolute atomic E-state index is 0.245. The Bertz CT molecular complexity index is 355. The van der Waals surface area contributed by atoms with Gasteiger partial charge in [-0.25, -0.2) is 4.79 Å². The second-order valence-corrected chi connectivity index (χ2v) is 7.47. The van der Waals surface area contributed by atoms with E-state index in [1.807, 2.05) is 20.8 Å². The molecule has 0 aromatic rings. The first-order valence-corrected chi connectivity index (χ1v) is 9.02. The summed E-state index contributed by atoms with van der Waals surface area (Å²) < 4.78 is 11.3. The molecule has 2 aliphatic rings. The van der Waals surface area contributed by atoms with Gasteiger partial charge in [0.2, 0.25) is 0 Å². The molecule has 1 saturated carbocycles. The fourth-order valence-electron chi connectivity index (χ4n) is 4.00. The van der Waals surface area contributed by atoms with Gasteiger partial charge >= 0.3 is 5.97 Å². The maximum Gasteiger partial charge on any atom is 0.337 e. The highest BCUT2D eigenvalue weighted by atomic mass is 16.6. The number of hydrogen-bond donors (Lipinski definition) is 1. The highest BCUT2D eigenvalue weighted by Gasteiger charge is 2.42. The molecule has 0 radical (unpaired) electrons. The summed E-state index contributed by atoms with van der Waals surface area (Å²) in [5.41, 5.74) is -0.599. The molecule has 1 N–H and O–H groups in total. The van der Waals surface area contributed by atoms with Gasteiger partial charge in [-0.15, -0.1) is 0 Å². The molecule has 128 valence electrons. The lowest BCUT2D eigenvalue weighted by Crippen LogP contribution is -2.48. The maximum absolute atomic E-state index is 12.1. The van der Waals surface area contributed by atoms with E-state index >= 15 is 0 Å². The van der Waals surface area contributed by atoms with Gasteiger partial charge in [-0.3, -0.25) is 0 Å². The third-order valence-electron chi connectivity index (χ3n) is 5.56. The van der Waals surface area contributed by atoms with Crippen molar-refractivity contribution < 1.29 is 14.3 Å². The van der Waals surface area contributed by atoms with Crippen molar-refractivity contribution in [2.45, 2.75) is 71.3 Å². The van der Waals surface area contributed by atoms with E-state index in [1.54, 1.807) is 0 Å². The van der Waals surface area contributed by atoms with Crippen LogP contribution in [0.2, 0.25) is 0 Å². The standard InChI is InChI=1S/C18H33NO3/c1-4-21-16(20)17(2,3)22-14-18(10-12-19-13-11-18)15-8-6-5-7-9-15/h15,19H,4-14H2,1-3H3. The van der Waals surface area contributed by atoms with Crippen molar-refractivity contribution in [2.75, 3.05) is 26.3 Å². The topological polar surface area (TPSA) is 47.6 Å². The zero-order valence-electron chi connectivity index (χ0n) is 14.6. The predicted octanol–water partition coefficient (Wildman–Crippen LogP) is 3.29. The first-order chi connectivity index (χ1) is 10.5. The summed E-state index contributed by atoms with van der Waals surface area (Å²) in [6.45, 7) is 8.74. The molecule has 0 atom stereocenters. The highest BCUT2D eigenvalue weighted by molar-refractivity contribution is 5.78. The Kier molecular flexibility index (Phi) is 6.27. The summed E-state index contributed by atoms with van der Waals surface area (Å²) in [5, 5.41) is 3.47. The van der Waals surface area contributed by atoms with Crippen LogP contribution in [0.4, 0.5) is 0 Å². The summed E-state index contributed by atoms with van der Waals surface area (Å²) in [5.74, 6) is 0.504. The van der Waals surface area contributed by atoms with E-state index in [9.17, 15) is 4.79 Å². The van der Waals surface area contributed by atoms with Crippen LogP contribution >= 0.6 is 0 Å². The van der Waals surface area contributed by atoms with E-state index in [-0.39, 0.29) is 11.4 Å². The Morgan fingerprint density at radius 2 is 1.82 bits per heavy atom. The highest BCUT2D eigenvalue weighted by Crippen LogP contribution is 2.45. The molecule has 2 rings (SSSR count). The number of nitrogens with one attached hydrogen (secondary N) is 1. The summed E-state index contributed by atoms with van der Waals surface area (Å²) in [6.07, 6.45) is 9.04. The Morgan fingerprint density at radius 1 is 1.18 bits per heavy atom. The van der Waals surface area contributed by atoms with Gasteiger partial charge in [-0.2, -0.15) is 0 Å². The van der Waals surface area contributed by atoms with Crippen molar-refractivity contribution in [3.8, 4) is 0 Å². The van der Waals surface area contributed by atoms with Gasteiger partial charge in [0, 0.05) is 0 Å². The second kappa shape index (κ2) is 7.78. The van der Waals surface area contributed by atoms with Gasteiger partial charge < -0.3 is 14.8 Å². The molecule has 0 aromatic carbocycles. The molecule has 1 aliphatic carbocycles. The third kappa shape index (κ3) is 4.23. The average Bonchev–Trinajstić information content (AvgIpc) is 2.55. The van der Waals surface area contributed by atoms with Crippen LogP contribution in [0.15, 0.2) is 0 Å². The fraction of sp³-hybridized carbons (Fsp3) is 0.944. The molecular weight excluding hydrogens is 278 g/mol. The van der Waals surface area contributed by atoms with Crippen molar-refractivity contribution in [1.82, 2.24) is 5.32 Å². The predicted molar refractivity (Wildman–Crippen MR) is 87.8 cm³/mol. The van der Waals surface area contributed by atoms with E-state index in [0.29, 0.717) is 13.2 Å². The minimum atomic E-state index is -0.845. The SMILES string of the molecule is CCOC(=O)C(C)(C)OCC1(C2CCCCC2)CCNCC1. The number of esters is 1. The summed E-state index contributed by atoms with van der Waals surface area (Å²) in [6, 6.07) is 0. The average molecular weight is 311 g/mol. The third-order valence-corrected chi connectivity index (χ3v) is 5.56. The quantitative estimate of drug-likeness (QED) is 0.765. The van der Waals surface area contributed by atoms with Crippen molar-refractivity contribution in [3.63, 3.8) is 0 Å². The van der Waals surface area contributed by atoms with E-state index in [0.717, 1.165) is 31.8 Å². The molecule has 1 heterocycles. The Labute approximate surface area is 135 Å². The molecule has 0 aromatic heterocycles. The van der Waals surface area contributed by atoms with Crippen LogP contribution in [0, 0.1) is 11.3 Å². The zero-order chi connectivity index (χ0) is 16.1. The maximum atomic E-state index is 12.1. The van der Waals surface area contributed by atoms with Crippen molar-refractivity contribution in [3.05, 3.63) is 0 Å². The monoisotopic (exact) mass is 311 g/mol. The molecule has 0 amide bonds. The number of carbonyl (C=O) groups is 1. The van der Waals surface area contributed by atoms with Gasteiger partial charge in [-0.05, 0) is 70.9 Å². The number of ether oxygens (including phenoxy) is 2. The Balaban J connectivity index is 2.01. The fourth-order valence-corrected chi connectivity index (χ4v) is 4.00. The van der Waals surface area contributed by atoms with Crippen LogP contribution in [0.3, 0.4) is 0 Å². The molecular formula is C18H33NO3. The molecule has 4 heteroatoms. The first kappa shape index (κ1) is 17.7. The Morgan fingerprint density at radius 3 is 2.41 bits per heavy atom. The minimum Gasteiger partial charge on any atom is -0.464 e. The van der Waals surface area contributed by atoms with Crippen LogP contribution in [0.25, 0.3) is 0 Å². The molecule has 1 aliphatic heterocycles. The normalized spacial score (nSPS) is 23.2. The molecule has 0 spiro atoms. The molecule has 2 fully saturated rings. The number of piperidine rings is 1. The van der Waals surface area contributed by atoms with Crippen LogP contribution in [0.1, 0.15) is 65.7 Å². The van der Waals surface area contributed by atoms with Gasteiger partial charge in [-0.1, -0.05) is 19.3 Å². The van der Waals surface area contributed by atoms with Gasteiger partial charge in [0.25, 0.3) is 0 Å². The van der Waals surface area contributed by atoms with Crippen molar-refractivity contribution >= 4 is 5.97 Å². The van der Waals surface area contributed by atoms with Gasteiger partial charge in [0.05, 0.1) is 13.2 Å². The lowest BCUT2D eigenvalue weighted by atomic mass is 9.64. The van der Waals surface area contributed by atoms with Crippen LogP contribution < -0.4 is 5.32 Å². The van der Waals surface area contributed by atoms with E-state index in [4.69, 9.17) is 9.47 Å².